The summed E-state index contributed by atoms with van der Waals surface area (Å²) < 4.78 is 23.9. The second-order valence-electron chi connectivity index (χ2n) is 31.3. The number of esters is 4. The summed E-state index contributed by atoms with van der Waals surface area (Å²) in [6, 6.07) is 0. The maximum atomic E-state index is 13.2. The maximum Gasteiger partial charge on any atom is 0.306 e. The Morgan fingerprint density at radius 3 is 0.860 bits per heavy atom. The van der Waals surface area contributed by atoms with Gasteiger partial charge in [-0.2, -0.15) is 0 Å². The van der Waals surface area contributed by atoms with Crippen molar-refractivity contribution in [2.45, 2.75) is 459 Å². The Balaban J connectivity index is 4.64. The lowest BCUT2D eigenvalue weighted by Gasteiger charge is -2.21. The van der Waals surface area contributed by atoms with Crippen LogP contribution in [0.25, 0.3) is 0 Å². The summed E-state index contributed by atoms with van der Waals surface area (Å²) in [5.41, 5.74) is 0. The van der Waals surface area contributed by atoms with Crippen LogP contribution in [0.1, 0.15) is 447 Å². The molecule has 0 aliphatic rings. The molecule has 5 atom stereocenters. The number of carbonyl (C=O) groups is 4. The van der Waals surface area contributed by atoms with E-state index >= 15 is 0 Å². The van der Waals surface area contributed by atoms with Crippen LogP contribution in [0.2, 0.25) is 0 Å². The first-order chi connectivity index (χ1) is 49.0. The molecule has 0 aromatic rings. The molecule has 0 heterocycles. The lowest BCUT2D eigenvalue weighted by Crippen LogP contribution is -2.30. The van der Waals surface area contributed by atoms with Gasteiger partial charge in [0.2, 0.25) is 0 Å². The first-order valence-corrected chi connectivity index (χ1v) is 44.3. The second-order valence-corrected chi connectivity index (χ2v) is 31.3. The van der Waals surface area contributed by atoms with Crippen LogP contribution in [0.15, 0.2) is 0 Å². The average Bonchev–Trinajstić information content (AvgIpc) is 1.79. The van der Waals surface area contributed by atoms with Crippen molar-refractivity contribution in [1.82, 2.24) is 9.80 Å². The summed E-state index contributed by atoms with van der Waals surface area (Å²) in [6.07, 6.45) is 70.4. The molecule has 0 fully saturated rings. The van der Waals surface area contributed by atoms with Crippen LogP contribution < -0.4 is 0 Å². The van der Waals surface area contributed by atoms with Crippen LogP contribution in [-0.4, -0.2) is 122 Å². The number of aliphatic hydroxyl groups excluding tert-OH is 2. The monoisotopic (exact) mass is 1420 g/mol. The SMILES string of the molecule is CCCCCCCCCCC(CCCCCCCC)COC(=O)CCCN(CCO)CCCC(=O)OCC(CCCCCCCCCC)CCCCCCCCC(C)CCCC(CCCC)OC(=O)CCCCCCCN(CCO)CCCCCCCC(=O)OC(CCCC)CCCCC. The summed E-state index contributed by atoms with van der Waals surface area (Å²) >= 11 is 0. The Bertz CT molecular complexity index is 1720. The maximum absolute atomic E-state index is 13.2. The highest BCUT2D eigenvalue weighted by molar-refractivity contribution is 5.70. The van der Waals surface area contributed by atoms with Crippen LogP contribution in [-0.2, 0) is 38.1 Å². The number of carbonyl (C=O) groups excluding carboxylic acids is 4. The fourth-order valence-corrected chi connectivity index (χ4v) is 14.6. The first kappa shape index (κ1) is 97.7. The zero-order chi connectivity index (χ0) is 73.1. The predicted molar refractivity (Wildman–Crippen MR) is 425 cm³/mol. The van der Waals surface area contributed by atoms with Crippen LogP contribution in [0.4, 0.5) is 0 Å². The first-order valence-electron chi connectivity index (χ1n) is 44.3. The van der Waals surface area contributed by atoms with E-state index < -0.39 is 0 Å². The van der Waals surface area contributed by atoms with Crippen molar-refractivity contribution in [1.29, 1.82) is 0 Å². The minimum atomic E-state index is -0.111. The second kappa shape index (κ2) is 77.8. The van der Waals surface area contributed by atoms with Gasteiger partial charge in [-0.3, -0.25) is 19.2 Å². The van der Waals surface area contributed by atoms with Gasteiger partial charge in [0.05, 0.1) is 26.4 Å². The Hall–Kier alpha value is -2.28. The molecule has 0 radical (unpaired) electrons. The molecule has 0 saturated heterocycles. The Labute approximate surface area is 621 Å². The molecule has 0 amide bonds. The lowest BCUT2D eigenvalue weighted by atomic mass is 9.94. The van der Waals surface area contributed by atoms with Crippen molar-refractivity contribution >= 4 is 23.9 Å². The van der Waals surface area contributed by atoms with Gasteiger partial charge in [-0.25, -0.2) is 0 Å². The van der Waals surface area contributed by atoms with E-state index in [1.54, 1.807) is 0 Å². The van der Waals surface area contributed by atoms with Gasteiger partial charge in [-0.1, -0.05) is 318 Å². The van der Waals surface area contributed by atoms with Gasteiger partial charge in [0.1, 0.15) is 12.2 Å². The van der Waals surface area contributed by atoms with Crippen LogP contribution in [0.5, 0.6) is 0 Å². The van der Waals surface area contributed by atoms with E-state index in [2.05, 4.69) is 58.3 Å². The fourth-order valence-electron chi connectivity index (χ4n) is 14.6. The molecule has 0 aliphatic carbocycles. The van der Waals surface area contributed by atoms with E-state index in [-0.39, 0.29) is 49.3 Å². The molecule has 0 aromatic carbocycles. The third kappa shape index (κ3) is 68.8. The molecule has 0 bridgehead atoms. The fraction of sp³-hybridized carbons (Fsp3) is 0.955. The lowest BCUT2D eigenvalue weighted by molar-refractivity contribution is -0.151. The molecule has 0 rings (SSSR count). The van der Waals surface area contributed by atoms with Gasteiger partial charge in [0.15, 0.2) is 0 Å². The minimum absolute atomic E-state index is 0.0154. The summed E-state index contributed by atoms with van der Waals surface area (Å²) in [5.74, 6) is 1.31. The minimum Gasteiger partial charge on any atom is -0.465 e. The zero-order valence-corrected chi connectivity index (χ0v) is 67.9. The molecule has 0 saturated carbocycles. The van der Waals surface area contributed by atoms with E-state index in [1.165, 1.54) is 205 Å². The highest BCUT2D eigenvalue weighted by Gasteiger charge is 2.19. The van der Waals surface area contributed by atoms with Gasteiger partial charge in [0, 0.05) is 38.8 Å². The molecular formula is C88H172N2O10. The number of hydrogen-bond donors (Lipinski definition) is 2. The number of ether oxygens (including phenoxy) is 4. The van der Waals surface area contributed by atoms with Gasteiger partial charge in [0.25, 0.3) is 0 Å². The van der Waals surface area contributed by atoms with E-state index in [4.69, 9.17) is 18.9 Å². The zero-order valence-electron chi connectivity index (χ0n) is 67.9. The molecule has 12 heteroatoms. The number of unbranched alkanes of at least 4 members (excludes halogenated alkanes) is 36. The largest absolute Gasteiger partial charge is 0.465 e. The standard InChI is InChI=1S/C88H172N2O10/c1-8-14-20-23-26-28-36-46-59-81(58-45-35-25-22-16-10-3)78-97-85(93)68-54-72-90(75-77-92)73-55-69-86(94)98-79-82(60-47-37-29-27-24-21-15-9-2)61-48-38-31-30-34-44-56-80(7)57-53-65-84(63-19-13-6)100-88(96)67-50-40-33-42-52-71-89(74-76-91)70-51-41-32-39-49-66-87(95)99-83(62-18-12-5)64-43-17-11-4/h80-84,91-92H,8-79H2,1-7H3. The topological polar surface area (TPSA) is 152 Å². The molecule has 0 aliphatic heterocycles. The Morgan fingerprint density at radius 2 is 0.510 bits per heavy atom. The van der Waals surface area contributed by atoms with Gasteiger partial charge < -0.3 is 39.0 Å². The Morgan fingerprint density at radius 1 is 0.260 bits per heavy atom. The van der Waals surface area contributed by atoms with Crippen LogP contribution in [0.3, 0.4) is 0 Å². The number of hydrogen-bond acceptors (Lipinski definition) is 12. The number of rotatable bonds is 82. The van der Waals surface area contributed by atoms with Crippen molar-refractivity contribution in [3.63, 3.8) is 0 Å². The Kier molecular flexibility index (Phi) is 76.0. The van der Waals surface area contributed by atoms with Gasteiger partial charge in [-0.05, 0) is 147 Å². The van der Waals surface area contributed by atoms with Crippen molar-refractivity contribution in [2.75, 3.05) is 65.7 Å². The molecule has 12 nitrogen and oxygen atoms in total. The normalized spacial score (nSPS) is 13.3. The third-order valence-electron chi connectivity index (χ3n) is 21.4. The summed E-state index contributed by atoms with van der Waals surface area (Å²) in [6.45, 7) is 21.9. The molecular weight excluding hydrogens is 1240 g/mol. The summed E-state index contributed by atoms with van der Waals surface area (Å²) in [4.78, 5) is 56.3. The van der Waals surface area contributed by atoms with Gasteiger partial charge >= 0.3 is 23.9 Å². The molecule has 100 heavy (non-hydrogen) atoms. The molecule has 5 unspecified atom stereocenters. The van der Waals surface area contributed by atoms with Crippen LogP contribution >= 0.6 is 0 Å². The van der Waals surface area contributed by atoms with E-state index in [0.29, 0.717) is 89.1 Å². The number of nitrogens with zero attached hydrogens (tertiary/aromatic N) is 2. The van der Waals surface area contributed by atoms with Gasteiger partial charge in [-0.15, -0.1) is 0 Å². The average molecular weight is 1420 g/mol. The molecule has 2 N–H and O–H groups in total. The third-order valence-corrected chi connectivity index (χ3v) is 21.4. The van der Waals surface area contributed by atoms with E-state index in [1.807, 2.05) is 0 Å². The van der Waals surface area contributed by atoms with Crippen molar-refractivity contribution in [3.8, 4) is 0 Å². The smallest absolute Gasteiger partial charge is 0.306 e. The summed E-state index contributed by atoms with van der Waals surface area (Å²) in [5, 5.41) is 19.6. The van der Waals surface area contributed by atoms with E-state index in [0.717, 1.165) is 174 Å². The quantitative estimate of drug-likeness (QED) is 0.0339. The molecule has 0 aromatic heterocycles. The molecule has 594 valence electrons. The number of aliphatic hydroxyl groups is 2. The summed E-state index contributed by atoms with van der Waals surface area (Å²) in [7, 11) is 0. The van der Waals surface area contributed by atoms with E-state index in [9.17, 15) is 29.4 Å². The predicted octanol–water partition coefficient (Wildman–Crippen LogP) is 24.7. The van der Waals surface area contributed by atoms with Crippen LogP contribution in [0, 0.1) is 17.8 Å². The van der Waals surface area contributed by atoms with Crippen molar-refractivity contribution in [3.05, 3.63) is 0 Å². The molecule has 0 spiro atoms. The highest BCUT2D eigenvalue weighted by Crippen LogP contribution is 2.26. The highest BCUT2D eigenvalue weighted by atomic mass is 16.6. The van der Waals surface area contributed by atoms with Crippen molar-refractivity contribution < 1.29 is 48.3 Å². The van der Waals surface area contributed by atoms with Crippen molar-refractivity contribution in [2.24, 2.45) is 17.8 Å².